The second kappa shape index (κ2) is 9.46. The summed E-state index contributed by atoms with van der Waals surface area (Å²) in [6.45, 7) is 4.34. The van der Waals surface area contributed by atoms with E-state index in [1.165, 1.54) is 35.2 Å². The van der Waals surface area contributed by atoms with Crippen LogP contribution >= 0.6 is 0 Å². The number of benzene rings is 2. The van der Waals surface area contributed by atoms with Crippen molar-refractivity contribution in [3.63, 3.8) is 0 Å². The summed E-state index contributed by atoms with van der Waals surface area (Å²) in [6, 6.07) is 7.53. The molecule has 7 nitrogen and oxygen atoms in total. The maximum absolute atomic E-state index is 13.5. The van der Waals surface area contributed by atoms with Gasteiger partial charge in [-0.1, -0.05) is 13.8 Å². The van der Waals surface area contributed by atoms with Crippen LogP contribution in [0.2, 0.25) is 0 Å². The van der Waals surface area contributed by atoms with Gasteiger partial charge >= 0.3 is 12.2 Å². The van der Waals surface area contributed by atoms with Crippen LogP contribution < -0.4 is 10.1 Å². The van der Waals surface area contributed by atoms with Crippen LogP contribution in [0.3, 0.4) is 0 Å². The van der Waals surface area contributed by atoms with Gasteiger partial charge in [0, 0.05) is 31.1 Å². The number of sulfone groups is 1. The number of nitrogens with one attached hydrogen (secondary N) is 1. The summed E-state index contributed by atoms with van der Waals surface area (Å²) in [5, 5.41) is 13.1. The number of carbonyl (C=O) groups excluding carboxylic acids is 1. The van der Waals surface area contributed by atoms with E-state index < -0.39 is 33.2 Å². The summed E-state index contributed by atoms with van der Waals surface area (Å²) in [4.78, 5) is 14.2. The van der Waals surface area contributed by atoms with Gasteiger partial charge < -0.3 is 20.1 Å². The van der Waals surface area contributed by atoms with Crippen molar-refractivity contribution in [2.45, 2.75) is 43.4 Å². The van der Waals surface area contributed by atoms with Gasteiger partial charge in [-0.2, -0.15) is 13.2 Å². The number of halogens is 3. The van der Waals surface area contributed by atoms with E-state index in [0.29, 0.717) is 12.8 Å². The number of hydrogen-bond donors (Lipinski definition) is 2. The lowest BCUT2D eigenvalue weighted by molar-refractivity contribution is -0.137. The minimum absolute atomic E-state index is 0.0207. The topological polar surface area (TPSA) is 95.9 Å². The van der Waals surface area contributed by atoms with Crippen LogP contribution in [0, 0.1) is 5.92 Å². The van der Waals surface area contributed by atoms with Gasteiger partial charge in [-0.25, -0.2) is 13.2 Å². The molecule has 0 aliphatic carbocycles. The number of nitrogens with zero attached hydrogens (tertiary/aromatic N) is 1. The van der Waals surface area contributed by atoms with Crippen molar-refractivity contribution in [1.82, 2.24) is 4.90 Å². The highest BCUT2D eigenvalue weighted by Gasteiger charge is 2.37. The van der Waals surface area contributed by atoms with Crippen molar-refractivity contribution in [1.29, 1.82) is 0 Å². The van der Waals surface area contributed by atoms with Crippen molar-refractivity contribution in [2.24, 2.45) is 5.92 Å². The third kappa shape index (κ3) is 6.20. The maximum Gasteiger partial charge on any atom is 0.416 e. The number of hydrogen-bond acceptors (Lipinski definition) is 5. The Balaban J connectivity index is 1.79. The molecule has 11 heteroatoms. The van der Waals surface area contributed by atoms with Gasteiger partial charge in [0.05, 0.1) is 16.1 Å². The molecular weight excluding hydrogens is 473 g/mol. The summed E-state index contributed by atoms with van der Waals surface area (Å²) in [5.74, 6) is -0.0227. The molecule has 2 aromatic carbocycles. The normalized spacial score (nSPS) is 16.4. The van der Waals surface area contributed by atoms with E-state index in [4.69, 9.17) is 4.74 Å². The van der Waals surface area contributed by atoms with Crippen LogP contribution in [0.1, 0.15) is 32.3 Å². The molecule has 0 bridgehead atoms. The Morgan fingerprint density at radius 3 is 2.18 bits per heavy atom. The van der Waals surface area contributed by atoms with Crippen LogP contribution in [0.4, 0.5) is 23.7 Å². The highest BCUT2D eigenvalue weighted by molar-refractivity contribution is 7.90. The molecule has 2 N–H and O–H groups in total. The molecule has 186 valence electrons. The lowest BCUT2D eigenvalue weighted by atomic mass is 9.82. The van der Waals surface area contributed by atoms with E-state index in [0.717, 1.165) is 18.4 Å². The van der Waals surface area contributed by atoms with Crippen LogP contribution in [0.15, 0.2) is 47.4 Å². The number of carbonyl (C=O) groups is 1. The molecule has 3 rings (SSSR count). The van der Waals surface area contributed by atoms with E-state index in [1.807, 2.05) is 13.8 Å². The molecule has 1 fully saturated rings. The van der Waals surface area contributed by atoms with E-state index in [-0.39, 0.29) is 41.1 Å². The monoisotopic (exact) mass is 500 g/mol. The van der Waals surface area contributed by atoms with Crippen LogP contribution in [-0.2, 0) is 16.0 Å². The van der Waals surface area contributed by atoms with Crippen molar-refractivity contribution < 1.29 is 36.2 Å². The molecule has 0 atom stereocenters. The lowest BCUT2D eigenvalue weighted by Gasteiger charge is -2.40. The standard InChI is InChI=1S/C23H27F3N2O5S/c1-15(2)22(30)8-10-28(11-9-22)21(29)27-17-12-16(23(24,25)26)13-19(14-17)33-18-4-6-20(7-5-18)34(3,31)32/h4-7,12-15,30H,8-11H2,1-3H3,(H,27,29). The van der Waals surface area contributed by atoms with Crippen molar-refractivity contribution >= 4 is 21.6 Å². The van der Waals surface area contributed by atoms with E-state index in [2.05, 4.69) is 5.32 Å². The van der Waals surface area contributed by atoms with E-state index in [1.54, 1.807) is 0 Å². The van der Waals surface area contributed by atoms with Crippen molar-refractivity contribution in [2.75, 3.05) is 24.7 Å². The number of aliphatic hydroxyl groups is 1. The number of amides is 2. The zero-order chi connectivity index (χ0) is 25.3. The molecule has 0 aromatic heterocycles. The fourth-order valence-electron chi connectivity index (χ4n) is 3.66. The first-order chi connectivity index (χ1) is 15.7. The van der Waals surface area contributed by atoms with Crippen molar-refractivity contribution in [3.05, 3.63) is 48.0 Å². The molecule has 1 saturated heterocycles. The highest BCUT2D eigenvalue weighted by Crippen LogP contribution is 2.36. The van der Waals surface area contributed by atoms with Gasteiger partial charge in [0.25, 0.3) is 0 Å². The van der Waals surface area contributed by atoms with Crippen LogP contribution in [-0.4, -0.2) is 49.4 Å². The summed E-state index contributed by atoms with van der Waals surface area (Å²) in [5.41, 5.74) is -1.99. The fraction of sp³-hybridized carbons (Fsp3) is 0.435. The zero-order valence-electron chi connectivity index (χ0n) is 19.0. The Morgan fingerprint density at radius 1 is 1.09 bits per heavy atom. The largest absolute Gasteiger partial charge is 0.457 e. The molecule has 0 radical (unpaired) electrons. The highest BCUT2D eigenvalue weighted by atomic mass is 32.2. The van der Waals surface area contributed by atoms with E-state index >= 15 is 0 Å². The Morgan fingerprint density at radius 2 is 1.68 bits per heavy atom. The molecular formula is C23H27F3N2O5S. The van der Waals surface area contributed by atoms with Crippen LogP contribution in [0.25, 0.3) is 0 Å². The second-order valence-electron chi connectivity index (χ2n) is 8.76. The Labute approximate surface area is 196 Å². The van der Waals surface area contributed by atoms with E-state index in [9.17, 15) is 31.5 Å². The zero-order valence-corrected chi connectivity index (χ0v) is 19.8. The smallest absolute Gasteiger partial charge is 0.416 e. The molecule has 0 saturated carbocycles. The number of alkyl halides is 3. The predicted molar refractivity (Wildman–Crippen MR) is 121 cm³/mol. The number of ether oxygens (including phenoxy) is 1. The number of likely N-dealkylation sites (tertiary alicyclic amines) is 1. The Hall–Kier alpha value is -2.79. The Kier molecular flexibility index (Phi) is 7.18. The molecule has 34 heavy (non-hydrogen) atoms. The predicted octanol–water partition coefficient (Wildman–Crippen LogP) is 4.92. The molecule has 1 aliphatic rings. The third-order valence-electron chi connectivity index (χ3n) is 5.96. The minimum atomic E-state index is -4.68. The van der Waals surface area contributed by atoms with Crippen LogP contribution in [0.5, 0.6) is 11.5 Å². The third-order valence-corrected chi connectivity index (χ3v) is 7.09. The summed E-state index contributed by atoms with van der Waals surface area (Å²) in [6.07, 6.45) is -2.90. The minimum Gasteiger partial charge on any atom is -0.457 e. The SMILES string of the molecule is CC(C)C1(O)CCN(C(=O)Nc2cc(Oc3ccc(S(C)(=O)=O)cc3)cc(C(F)(F)F)c2)CC1. The second-order valence-corrected chi connectivity index (χ2v) is 10.8. The first-order valence-corrected chi connectivity index (χ1v) is 12.6. The molecule has 1 aliphatic heterocycles. The van der Waals surface area contributed by atoms with Gasteiger partial charge in [0.2, 0.25) is 0 Å². The average molecular weight is 501 g/mol. The molecule has 0 spiro atoms. The average Bonchev–Trinajstić information content (AvgIpc) is 2.73. The number of piperidine rings is 1. The molecule has 1 heterocycles. The Bertz CT molecular complexity index is 1140. The van der Waals surface area contributed by atoms with Crippen molar-refractivity contribution in [3.8, 4) is 11.5 Å². The molecule has 2 aromatic rings. The maximum atomic E-state index is 13.5. The fourth-order valence-corrected chi connectivity index (χ4v) is 4.29. The van der Waals surface area contributed by atoms with Gasteiger partial charge in [0.1, 0.15) is 11.5 Å². The summed E-state index contributed by atoms with van der Waals surface area (Å²) < 4.78 is 69.0. The quantitative estimate of drug-likeness (QED) is 0.608. The number of urea groups is 1. The lowest BCUT2D eigenvalue weighted by Crippen LogP contribution is -2.50. The first kappa shape index (κ1) is 25.8. The first-order valence-electron chi connectivity index (χ1n) is 10.7. The number of anilines is 1. The van der Waals surface area contributed by atoms with Gasteiger partial charge in [-0.3, -0.25) is 0 Å². The van der Waals surface area contributed by atoms with Gasteiger partial charge in [-0.15, -0.1) is 0 Å². The molecule has 0 unspecified atom stereocenters. The molecule has 2 amide bonds. The van der Waals surface area contributed by atoms with Gasteiger partial charge in [-0.05, 0) is 55.2 Å². The van der Waals surface area contributed by atoms with Gasteiger partial charge in [0.15, 0.2) is 9.84 Å². The number of rotatable bonds is 5. The summed E-state index contributed by atoms with van der Waals surface area (Å²) >= 11 is 0. The summed E-state index contributed by atoms with van der Waals surface area (Å²) in [7, 11) is -3.43.